The summed E-state index contributed by atoms with van der Waals surface area (Å²) >= 11 is 0. The summed E-state index contributed by atoms with van der Waals surface area (Å²) in [6.07, 6.45) is 37.4. The summed E-state index contributed by atoms with van der Waals surface area (Å²) < 4.78 is 15.9. The molecule has 0 unspecified atom stereocenters. The molecule has 54 heavy (non-hydrogen) atoms. The van der Waals surface area contributed by atoms with Gasteiger partial charge in [0.05, 0.1) is 33.2 Å². The average molecular weight is 761 g/mol. The van der Waals surface area contributed by atoms with Crippen LogP contribution < -0.4 is 0 Å². The summed E-state index contributed by atoms with van der Waals surface area (Å²) in [7, 11) is 4.12. The zero-order chi connectivity index (χ0) is 39.4. The van der Waals surface area contributed by atoms with E-state index in [1.807, 2.05) is 0 Å². The van der Waals surface area contributed by atoms with Crippen molar-refractivity contribution in [1.29, 1.82) is 0 Å². The largest absolute Gasteiger partial charge is 0.469 e. The second-order valence-corrected chi connectivity index (χ2v) is 17.1. The number of esters is 3. The summed E-state index contributed by atoms with van der Waals surface area (Å²) in [4.78, 5) is 54.3. The van der Waals surface area contributed by atoms with Crippen LogP contribution in [0.1, 0.15) is 213 Å². The zero-order valence-electron chi connectivity index (χ0n) is 35.8. The summed E-state index contributed by atoms with van der Waals surface area (Å²) in [6, 6.07) is 0. The number of hydrogen-bond acceptors (Lipinski definition) is 7. The van der Waals surface area contributed by atoms with Gasteiger partial charge in [-0.3, -0.25) is 19.2 Å². The molecule has 0 radical (unpaired) electrons. The molecule has 0 spiro atoms. The molecule has 0 saturated heterocycles. The molecule has 0 aromatic rings. The lowest BCUT2D eigenvalue weighted by Gasteiger charge is -2.43. The molecule has 0 aromatic heterocycles. The molecule has 0 amide bonds. The van der Waals surface area contributed by atoms with Gasteiger partial charge in [0, 0.05) is 5.92 Å². The topological polar surface area (TPSA) is 96.0 Å². The van der Waals surface area contributed by atoms with E-state index in [-0.39, 0.29) is 23.6 Å². The van der Waals surface area contributed by atoms with Crippen molar-refractivity contribution in [1.82, 2.24) is 0 Å². The van der Waals surface area contributed by atoms with Gasteiger partial charge in [0.1, 0.15) is 5.92 Å². The first-order valence-electron chi connectivity index (χ1n) is 23.1. The molecule has 0 heterocycles. The van der Waals surface area contributed by atoms with Crippen LogP contribution in [0.2, 0.25) is 0 Å². The van der Waals surface area contributed by atoms with E-state index >= 15 is 0 Å². The number of methoxy groups -OCH3 is 3. The average Bonchev–Trinajstić information content (AvgIpc) is 3.47. The number of fused-ring (bicyclic) bond motifs is 1. The van der Waals surface area contributed by atoms with Gasteiger partial charge in [0.25, 0.3) is 0 Å². The Kier molecular flexibility index (Phi) is 27.0. The molecule has 2 fully saturated rings. The fourth-order valence-corrected chi connectivity index (χ4v) is 10.1. The van der Waals surface area contributed by atoms with Crippen LogP contribution in [0, 0.1) is 41.4 Å². The summed E-state index contributed by atoms with van der Waals surface area (Å²) in [5, 5.41) is 0. The van der Waals surface area contributed by atoms with Gasteiger partial charge in [-0.25, -0.2) is 0 Å². The number of hydrogen-bond donors (Lipinski definition) is 0. The molecule has 2 rings (SSSR count). The highest BCUT2D eigenvalue weighted by atomic mass is 16.5. The third-order valence-electron chi connectivity index (χ3n) is 13.1. The smallest absolute Gasteiger partial charge is 0.316 e. The number of unbranched alkanes of at least 4 members (excludes halogenated alkanes) is 26. The maximum atomic E-state index is 14.1. The van der Waals surface area contributed by atoms with Crippen LogP contribution in [0.4, 0.5) is 0 Å². The minimum absolute atomic E-state index is 0.0943. The van der Waals surface area contributed by atoms with Crippen LogP contribution in [-0.2, 0) is 33.4 Å². The van der Waals surface area contributed by atoms with Gasteiger partial charge in [-0.1, -0.05) is 194 Å². The quantitative estimate of drug-likeness (QED) is 0.0284. The molecular weight excluding hydrogens is 677 g/mol. The second kappa shape index (κ2) is 30.2. The van der Waals surface area contributed by atoms with E-state index < -0.39 is 41.5 Å². The number of carbonyl (C=O) groups excluding carboxylic acids is 4. The van der Waals surface area contributed by atoms with Crippen LogP contribution in [0.3, 0.4) is 0 Å². The van der Waals surface area contributed by atoms with Crippen molar-refractivity contribution in [3.05, 3.63) is 0 Å². The van der Waals surface area contributed by atoms with Crippen molar-refractivity contribution >= 4 is 23.7 Å². The van der Waals surface area contributed by atoms with Crippen LogP contribution >= 0.6 is 0 Å². The zero-order valence-corrected chi connectivity index (χ0v) is 35.8. The Labute approximate surface area is 332 Å². The standard InChI is InChI=1S/C47H84O7/c1-6-8-10-12-14-16-18-20-22-24-26-28-30-32-34-37-36-39(45(49)52-3)42-41(40(37)46(50)53-4)38(43(44(42)48)47(51)54-5)35-33-31-29-27-25-23-21-19-17-15-13-11-9-7-2/h37-43H,6-36H2,1-5H3/t37-,38-,39+,40+,41-,42+,43-/m0/s1. The van der Waals surface area contributed by atoms with Crippen molar-refractivity contribution < 1.29 is 33.4 Å². The third kappa shape index (κ3) is 17.1. The Morgan fingerprint density at radius 3 is 1.20 bits per heavy atom. The lowest BCUT2D eigenvalue weighted by atomic mass is 9.59. The molecule has 2 saturated carbocycles. The highest BCUT2D eigenvalue weighted by Crippen LogP contribution is 2.57. The highest BCUT2D eigenvalue weighted by Gasteiger charge is 2.64. The van der Waals surface area contributed by atoms with Crippen molar-refractivity contribution in [2.75, 3.05) is 21.3 Å². The van der Waals surface area contributed by atoms with Crippen LogP contribution in [0.25, 0.3) is 0 Å². The second-order valence-electron chi connectivity index (χ2n) is 17.1. The van der Waals surface area contributed by atoms with Gasteiger partial charge in [0.15, 0.2) is 5.78 Å². The summed E-state index contributed by atoms with van der Waals surface area (Å²) in [5.41, 5.74) is 0. The van der Waals surface area contributed by atoms with E-state index in [4.69, 9.17) is 14.2 Å². The molecule has 0 N–H and O–H groups in total. The monoisotopic (exact) mass is 761 g/mol. The number of ether oxygens (including phenoxy) is 3. The van der Waals surface area contributed by atoms with Crippen molar-refractivity contribution in [2.24, 2.45) is 41.4 Å². The molecule has 7 nitrogen and oxygen atoms in total. The van der Waals surface area contributed by atoms with E-state index in [2.05, 4.69) is 13.8 Å². The van der Waals surface area contributed by atoms with E-state index in [0.29, 0.717) is 12.8 Å². The lowest BCUT2D eigenvalue weighted by molar-refractivity contribution is -0.164. The van der Waals surface area contributed by atoms with Crippen LogP contribution in [-0.4, -0.2) is 45.0 Å². The minimum Gasteiger partial charge on any atom is -0.469 e. The molecule has 2 aliphatic rings. The summed E-state index contributed by atoms with van der Waals surface area (Å²) in [5.74, 6) is -5.22. The summed E-state index contributed by atoms with van der Waals surface area (Å²) in [6.45, 7) is 4.53. The fraction of sp³-hybridized carbons (Fsp3) is 0.915. The molecule has 7 atom stereocenters. The van der Waals surface area contributed by atoms with Gasteiger partial charge in [-0.15, -0.1) is 0 Å². The Morgan fingerprint density at radius 2 is 0.833 bits per heavy atom. The molecule has 0 aromatic carbocycles. The predicted molar refractivity (Wildman–Crippen MR) is 220 cm³/mol. The predicted octanol–water partition coefficient (Wildman–Crippen LogP) is 12.5. The van der Waals surface area contributed by atoms with Crippen molar-refractivity contribution in [2.45, 2.75) is 213 Å². The lowest BCUT2D eigenvalue weighted by Crippen LogP contribution is -2.48. The Morgan fingerprint density at radius 1 is 0.481 bits per heavy atom. The normalized spacial score (nSPS) is 23.6. The molecule has 0 aliphatic heterocycles. The van der Waals surface area contributed by atoms with Gasteiger partial charge < -0.3 is 14.2 Å². The number of rotatable bonds is 33. The fourth-order valence-electron chi connectivity index (χ4n) is 10.1. The maximum absolute atomic E-state index is 14.1. The van der Waals surface area contributed by atoms with E-state index in [9.17, 15) is 19.2 Å². The van der Waals surface area contributed by atoms with Gasteiger partial charge in [-0.05, 0) is 37.0 Å². The molecule has 7 heteroatoms. The first-order chi connectivity index (χ1) is 26.4. The van der Waals surface area contributed by atoms with Crippen LogP contribution in [0.5, 0.6) is 0 Å². The van der Waals surface area contributed by atoms with Crippen molar-refractivity contribution in [3.8, 4) is 0 Å². The van der Waals surface area contributed by atoms with E-state index in [1.165, 1.54) is 169 Å². The Balaban J connectivity index is 1.94. The SMILES string of the molecule is CCCCCCCCCCCCCCCC[C@H]1C[C@@H](C(=O)OC)[C@H]2C(=O)[C@@H](C(=O)OC)[C@@H](CCCCCCCCCCCCCCCC)[C@H]2[C@@H]1C(=O)OC. The van der Waals surface area contributed by atoms with E-state index in [1.54, 1.807) is 0 Å². The third-order valence-corrected chi connectivity index (χ3v) is 13.1. The van der Waals surface area contributed by atoms with Gasteiger partial charge in [0.2, 0.25) is 0 Å². The Bertz CT molecular complexity index is 1010. The number of ketones is 1. The molecule has 314 valence electrons. The first kappa shape index (κ1) is 48.2. The van der Waals surface area contributed by atoms with Gasteiger partial charge >= 0.3 is 17.9 Å². The molecular formula is C47H84O7. The Hall–Kier alpha value is -1.92. The maximum Gasteiger partial charge on any atom is 0.316 e. The highest BCUT2D eigenvalue weighted by molar-refractivity contribution is 6.04. The van der Waals surface area contributed by atoms with Crippen LogP contribution in [0.15, 0.2) is 0 Å². The molecule has 0 bridgehead atoms. The van der Waals surface area contributed by atoms with Crippen molar-refractivity contribution in [3.63, 3.8) is 0 Å². The first-order valence-corrected chi connectivity index (χ1v) is 23.1. The molecule has 2 aliphatic carbocycles. The van der Waals surface area contributed by atoms with Gasteiger partial charge in [-0.2, -0.15) is 0 Å². The number of carbonyl (C=O) groups is 4. The van der Waals surface area contributed by atoms with E-state index in [0.717, 1.165) is 38.5 Å². The number of Topliss-reactive ketones (excluding diaryl/α,β-unsaturated/α-hetero) is 1. The minimum atomic E-state index is -0.953.